The molecule has 0 aromatic heterocycles. The third kappa shape index (κ3) is 3.24. The van der Waals surface area contributed by atoms with Crippen LogP contribution in [0.15, 0.2) is 64.4 Å². The molecular formula is C16H16S. The lowest BCUT2D eigenvalue weighted by atomic mass is 10.2. The summed E-state index contributed by atoms with van der Waals surface area (Å²) in [7, 11) is 0. The summed E-state index contributed by atoms with van der Waals surface area (Å²) < 4.78 is 0. The predicted octanol–water partition coefficient (Wildman–Crippen LogP) is 5.18. The van der Waals surface area contributed by atoms with E-state index < -0.39 is 0 Å². The molecule has 0 saturated carbocycles. The van der Waals surface area contributed by atoms with Gasteiger partial charge in [0.2, 0.25) is 0 Å². The van der Waals surface area contributed by atoms with Crippen LogP contribution < -0.4 is 0 Å². The Hall–Kier alpha value is -1.47. The van der Waals surface area contributed by atoms with Crippen LogP contribution in [0.25, 0.3) is 6.08 Å². The van der Waals surface area contributed by atoms with Crippen LogP contribution >= 0.6 is 11.8 Å². The Morgan fingerprint density at radius 3 is 2.29 bits per heavy atom. The van der Waals surface area contributed by atoms with E-state index in [2.05, 4.69) is 67.6 Å². The average Bonchev–Trinajstić information content (AvgIpc) is 2.35. The SMILES string of the molecule is C/C=C/c1ccc(Sc2ccccc2C)cc1. The molecule has 2 aromatic rings. The standard InChI is InChI=1S/C16H16S/c1-3-6-14-9-11-15(12-10-14)17-16-8-5-4-7-13(16)2/h3-12H,1-2H3/b6-3+. The van der Waals surface area contributed by atoms with Crippen molar-refractivity contribution in [2.45, 2.75) is 23.6 Å². The van der Waals surface area contributed by atoms with E-state index in [1.165, 1.54) is 20.9 Å². The normalized spacial score (nSPS) is 10.9. The first-order valence-corrected chi connectivity index (χ1v) is 6.57. The second-order valence-electron chi connectivity index (χ2n) is 3.94. The van der Waals surface area contributed by atoms with Gasteiger partial charge in [-0.2, -0.15) is 0 Å². The van der Waals surface area contributed by atoms with Gasteiger partial charge in [-0.05, 0) is 43.2 Å². The first-order chi connectivity index (χ1) is 8.29. The summed E-state index contributed by atoms with van der Waals surface area (Å²) in [5, 5.41) is 0. The fraction of sp³-hybridized carbons (Fsp3) is 0.125. The van der Waals surface area contributed by atoms with E-state index in [1.54, 1.807) is 0 Å². The summed E-state index contributed by atoms with van der Waals surface area (Å²) in [6.07, 6.45) is 4.17. The summed E-state index contributed by atoms with van der Waals surface area (Å²) in [4.78, 5) is 2.61. The molecule has 2 rings (SSSR count). The molecule has 1 heteroatoms. The lowest BCUT2D eigenvalue weighted by molar-refractivity contribution is 1.29. The Kier molecular flexibility index (Phi) is 4.05. The largest absolute Gasteiger partial charge is 0.0898 e. The van der Waals surface area contributed by atoms with Crippen LogP contribution in [-0.2, 0) is 0 Å². The number of hydrogen-bond donors (Lipinski definition) is 0. The molecule has 86 valence electrons. The van der Waals surface area contributed by atoms with Gasteiger partial charge in [-0.3, -0.25) is 0 Å². The Balaban J connectivity index is 2.17. The van der Waals surface area contributed by atoms with Gasteiger partial charge < -0.3 is 0 Å². The topological polar surface area (TPSA) is 0 Å². The van der Waals surface area contributed by atoms with E-state index in [-0.39, 0.29) is 0 Å². The highest BCUT2D eigenvalue weighted by atomic mass is 32.2. The maximum Gasteiger partial charge on any atom is 0.0151 e. The van der Waals surface area contributed by atoms with Crippen molar-refractivity contribution in [2.75, 3.05) is 0 Å². The van der Waals surface area contributed by atoms with Gasteiger partial charge in [0.1, 0.15) is 0 Å². The van der Waals surface area contributed by atoms with Gasteiger partial charge in [-0.25, -0.2) is 0 Å². The van der Waals surface area contributed by atoms with Gasteiger partial charge in [0.25, 0.3) is 0 Å². The molecule has 0 bridgehead atoms. The summed E-state index contributed by atoms with van der Waals surface area (Å²) >= 11 is 1.82. The van der Waals surface area contributed by atoms with Crippen molar-refractivity contribution >= 4 is 17.8 Å². The van der Waals surface area contributed by atoms with Crippen LogP contribution in [0.1, 0.15) is 18.1 Å². The first kappa shape index (κ1) is 12.0. The maximum atomic E-state index is 2.17. The van der Waals surface area contributed by atoms with Gasteiger partial charge in [-0.15, -0.1) is 0 Å². The number of aryl methyl sites for hydroxylation is 1. The summed E-state index contributed by atoms with van der Waals surface area (Å²) in [5.41, 5.74) is 2.58. The van der Waals surface area contributed by atoms with Crippen molar-refractivity contribution in [3.8, 4) is 0 Å². The molecule has 0 aliphatic heterocycles. The van der Waals surface area contributed by atoms with Crippen molar-refractivity contribution in [2.24, 2.45) is 0 Å². The third-order valence-electron chi connectivity index (χ3n) is 2.56. The molecule has 0 aliphatic carbocycles. The lowest BCUT2D eigenvalue weighted by Gasteiger charge is -2.05. The number of rotatable bonds is 3. The average molecular weight is 240 g/mol. The van der Waals surface area contributed by atoms with E-state index in [0.717, 1.165) is 0 Å². The molecule has 0 fully saturated rings. The number of allylic oxidation sites excluding steroid dienone is 1. The van der Waals surface area contributed by atoms with Crippen molar-refractivity contribution < 1.29 is 0 Å². The lowest BCUT2D eigenvalue weighted by Crippen LogP contribution is -1.79. The molecule has 2 aromatic carbocycles. The molecule has 0 amide bonds. The third-order valence-corrected chi connectivity index (χ3v) is 3.75. The van der Waals surface area contributed by atoms with Crippen LogP contribution in [0.3, 0.4) is 0 Å². The minimum absolute atomic E-state index is 1.25. The Bertz CT molecular complexity index is 509. The van der Waals surface area contributed by atoms with E-state index in [0.29, 0.717) is 0 Å². The van der Waals surface area contributed by atoms with Crippen LogP contribution in [0, 0.1) is 6.92 Å². The highest BCUT2D eigenvalue weighted by Crippen LogP contribution is 2.30. The second kappa shape index (κ2) is 5.74. The van der Waals surface area contributed by atoms with Crippen LogP contribution in [0.2, 0.25) is 0 Å². The molecule has 0 unspecified atom stereocenters. The fourth-order valence-electron chi connectivity index (χ4n) is 1.64. The molecule has 0 atom stereocenters. The van der Waals surface area contributed by atoms with E-state index in [1.807, 2.05) is 18.7 Å². The predicted molar refractivity (Wildman–Crippen MR) is 76.5 cm³/mol. The van der Waals surface area contributed by atoms with Gasteiger partial charge in [0, 0.05) is 9.79 Å². The van der Waals surface area contributed by atoms with Gasteiger partial charge >= 0.3 is 0 Å². The van der Waals surface area contributed by atoms with Crippen molar-refractivity contribution in [3.63, 3.8) is 0 Å². The first-order valence-electron chi connectivity index (χ1n) is 5.76. The highest BCUT2D eigenvalue weighted by molar-refractivity contribution is 7.99. The molecule has 17 heavy (non-hydrogen) atoms. The van der Waals surface area contributed by atoms with Gasteiger partial charge in [-0.1, -0.05) is 54.2 Å². The quantitative estimate of drug-likeness (QED) is 0.712. The molecule has 0 nitrogen and oxygen atoms in total. The van der Waals surface area contributed by atoms with Crippen molar-refractivity contribution in [1.82, 2.24) is 0 Å². The monoisotopic (exact) mass is 240 g/mol. The smallest absolute Gasteiger partial charge is 0.0151 e. The number of benzene rings is 2. The van der Waals surface area contributed by atoms with Crippen LogP contribution in [0.4, 0.5) is 0 Å². The summed E-state index contributed by atoms with van der Waals surface area (Å²) in [6, 6.07) is 17.1. The van der Waals surface area contributed by atoms with Crippen molar-refractivity contribution in [1.29, 1.82) is 0 Å². The molecule has 0 radical (unpaired) electrons. The second-order valence-corrected chi connectivity index (χ2v) is 5.05. The highest BCUT2D eigenvalue weighted by Gasteiger charge is 1.99. The fourth-order valence-corrected chi connectivity index (χ4v) is 2.54. The Labute approximate surface area is 107 Å². The Morgan fingerprint density at radius 1 is 0.941 bits per heavy atom. The van der Waals surface area contributed by atoms with Crippen molar-refractivity contribution in [3.05, 3.63) is 65.7 Å². The number of hydrogen-bond acceptors (Lipinski definition) is 1. The zero-order chi connectivity index (χ0) is 12.1. The zero-order valence-electron chi connectivity index (χ0n) is 10.2. The van der Waals surface area contributed by atoms with E-state index in [4.69, 9.17) is 0 Å². The molecule has 0 N–H and O–H groups in total. The summed E-state index contributed by atoms with van der Waals surface area (Å²) in [5.74, 6) is 0. The Morgan fingerprint density at radius 2 is 1.65 bits per heavy atom. The van der Waals surface area contributed by atoms with Crippen LogP contribution in [-0.4, -0.2) is 0 Å². The molecule has 0 aliphatic rings. The maximum absolute atomic E-state index is 2.17. The van der Waals surface area contributed by atoms with E-state index >= 15 is 0 Å². The molecule has 0 spiro atoms. The zero-order valence-corrected chi connectivity index (χ0v) is 11.0. The minimum Gasteiger partial charge on any atom is -0.0898 e. The van der Waals surface area contributed by atoms with E-state index in [9.17, 15) is 0 Å². The molecular weight excluding hydrogens is 224 g/mol. The van der Waals surface area contributed by atoms with Gasteiger partial charge in [0.05, 0.1) is 0 Å². The molecule has 0 saturated heterocycles. The van der Waals surface area contributed by atoms with Crippen LogP contribution in [0.5, 0.6) is 0 Å². The molecule has 0 heterocycles. The summed E-state index contributed by atoms with van der Waals surface area (Å²) in [6.45, 7) is 4.19. The minimum atomic E-state index is 1.25. The van der Waals surface area contributed by atoms with Gasteiger partial charge in [0.15, 0.2) is 0 Å².